The molecule has 2 heteroatoms. The predicted octanol–water partition coefficient (Wildman–Crippen LogP) is 15.0. The van der Waals surface area contributed by atoms with E-state index in [4.69, 9.17) is 0 Å². The van der Waals surface area contributed by atoms with E-state index in [2.05, 4.69) is 230 Å². The van der Waals surface area contributed by atoms with Crippen LogP contribution in [-0.4, -0.2) is 4.57 Å². The fourth-order valence-corrected chi connectivity index (χ4v) is 9.46. The first kappa shape index (κ1) is 33.2. The minimum atomic E-state index is -0.111. The molecule has 0 N–H and O–H groups in total. The van der Waals surface area contributed by atoms with E-state index < -0.39 is 0 Å². The third-order valence-corrected chi connectivity index (χ3v) is 12.2. The molecule has 1 heterocycles. The van der Waals surface area contributed by atoms with Crippen molar-refractivity contribution in [2.75, 3.05) is 4.90 Å². The van der Waals surface area contributed by atoms with Crippen LogP contribution in [0.2, 0.25) is 0 Å². The van der Waals surface area contributed by atoms with Crippen molar-refractivity contribution in [1.29, 1.82) is 0 Å². The number of para-hydroxylation sites is 1. The van der Waals surface area contributed by atoms with Gasteiger partial charge in [0.1, 0.15) is 0 Å². The number of hydrogen-bond donors (Lipinski definition) is 0. The van der Waals surface area contributed by atoms with E-state index >= 15 is 0 Å². The molecule has 0 saturated carbocycles. The molecule has 9 aromatic carbocycles. The lowest BCUT2D eigenvalue weighted by atomic mass is 9.82. The van der Waals surface area contributed by atoms with E-state index in [9.17, 15) is 0 Å². The molecule has 0 atom stereocenters. The van der Waals surface area contributed by atoms with Gasteiger partial charge in [-0.2, -0.15) is 0 Å². The number of rotatable bonds is 6. The third kappa shape index (κ3) is 5.18. The zero-order valence-corrected chi connectivity index (χ0v) is 32.0. The Bertz CT molecular complexity index is 3020. The van der Waals surface area contributed by atoms with E-state index in [1.807, 2.05) is 0 Å². The Morgan fingerprint density at radius 1 is 0.421 bits per heavy atom. The van der Waals surface area contributed by atoms with Crippen LogP contribution >= 0.6 is 0 Å². The minimum Gasteiger partial charge on any atom is -0.310 e. The average Bonchev–Trinajstić information content (AvgIpc) is 3.73. The molecule has 1 aromatic heterocycles. The average molecular weight is 729 g/mol. The summed E-state index contributed by atoms with van der Waals surface area (Å²) in [5.74, 6) is 0. The fourth-order valence-electron chi connectivity index (χ4n) is 9.46. The Morgan fingerprint density at radius 3 is 1.54 bits per heavy atom. The summed E-state index contributed by atoms with van der Waals surface area (Å²) in [6.07, 6.45) is 0. The van der Waals surface area contributed by atoms with Crippen molar-refractivity contribution in [3.63, 3.8) is 0 Å². The highest BCUT2D eigenvalue weighted by Crippen LogP contribution is 2.54. The summed E-state index contributed by atoms with van der Waals surface area (Å²) in [4.78, 5) is 2.45. The van der Waals surface area contributed by atoms with Crippen molar-refractivity contribution in [3.8, 4) is 39.1 Å². The monoisotopic (exact) mass is 728 g/mol. The smallest absolute Gasteiger partial charge is 0.0622 e. The van der Waals surface area contributed by atoms with Gasteiger partial charge in [-0.1, -0.05) is 178 Å². The largest absolute Gasteiger partial charge is 0.310 e. The molecule has 0 aliphatic heterocycles. The summed E-state index contributed by atoms with van der Waals surface area (Å²) in [5.41, 5.74) is 17.1. The van der Waals surface area contributed by atoms with Gasteiger partial charge in [-0.3, -0.25) is 0 Å². The van der Waals surface area contributed by atoms with Crippen LogP contribution in [0.25, 0.3) is 71.6 Å². The molecule has 0 unspecified atom stereocenters. The van der Waals surface area contributed by atoms with E-state index in [1.165, 1.54) is 77.1 Å². The molecular weight excluding hydrogens is 689 g/mol. The Balaban J connectivity index is 1.23. The number of anilines is 3. The van der Waals surface area contributed by atoms with Crippen LogP contribution in [0.3, 0.4) is 0 Å². The maximum Gasteiger partial charge on any atom is 0.0622 e. The lowest BCUT2D eigenvalue weighted by Crippen LogP contribution is -2.14. The van der Waals surface area contributed by atoms with Gasteiger partial charge in [-0.15, -0.1) is 0 Å². The number of nitrogens with zero attached hydrogens (tertiary/aromatic N) is 2. The SMILES string of the molecule is CC1(C)c2ccccc2-c2c1ccc1c3c4ccccc4c(N(c4ccc(-c5ccccc5)cc4)c4ccc(-c5ccccc5)cc4)cc3n(-c3ccccc3)c21. The Hall–Kier alpha value is -7.16. The summed E-state index contributed by atoms with van der Waals surface area (Å²) < 4.78 is 2.53. The molecule has 0 bridgehead atoms. The highest BCUT2D eigenvalue weighted by molar-refractivity contribution is 6.27. The number of fused-ring (bicyclic) bond motifs is 9. The molecule has 0 spiro atoms. The van der Waals surface area contributed by atoms with Crippen molar-refractivity contribution in [3.05, 3.63) is 217 Å². The normalized spacial score (nSPS) is 12.9. The molecule has 2 nitrogen and oxygen atoms in total. The van der Waals surface area contributed by atoms with Crippen LogP contribution in [0.1, 0.15) is 25.0 Å². The quantitative estimate of drug-likeness (QED) is 0.165. The summed E-state index contributed by atoms with van der Waals surface area (Å²) in [7, 11) is 0. The van der Waals surface area contributed by atoms with Gasteiger partial charge in [0.05, 0.1) is 16.7 Å². The molecular formula is C55H40N2. The zero-order chi connectivity index (χ0) is 38.1. The van der Waals surface area contributed by atoms with Crippen LogP contribution < -0.4 is 4.90 Å². The molecule has 0 fully saturated rings. The van der Waals surface area contributed by atoms with Gasteiger partial charge in [0, 0.05) is 44.2 Å². The molecule has 1 aliphatic carbocycles. The van der Waals surface area contributed by atoms with Crippen molar-refractivity contribution >= 4 is 49.6 Å². The Labute approximate surface area is 333 Å². The summed E-state index contributed by atoms with van der Waals surface area (Å²) in [6.45, 7) is 4.74. The summed E-state index contributed by atoms with van der Waals surface area (Å²) >= 11 is 0. The maximum absolute atomic E-state index is 2.53. The molecule has 57 heavy (non-hydrogen) atoms. The maximum atomic E-state index is 2.53. The number of aromatic nitrogens is 1. The topological polar surface area (TPSA) is 8.17 Å². The lowest BCUT2D eigenvalue weighted by molar-refractivity contribution is 0.661. The van der Waals surface area contributed by atoms with E-state index in [-0.39, 0.29) is 5.41 Å². The van der Waals surface area contributed by atoms with Crippen LogP contribution in [-0.2, 0) is 5.41 Å². The standard InChI is InChI=1S/C55H40N2/c1-55(2)48-25-15-14-24-46(48)53-49(55)35-34-47-52-45-23-13-12-22-44(45)50(36-51(52)57(54(47)53)41-20-10-5-11-21-41)56(42-30-26-39(27-31-42)37-16-6-3-7-17-37)43-32-28-40(29-33-43)38-18-8-4-9-19-38/h3-36H,1-2H3. The van der Waals surface area contributed by atoms with Crippen molar-refractivity contribution < 1.29 is 0 Å². The highest BCUT2D eigenvalue weighted by atomic mass is 15.1. The second-order valence-corrected chi connectivity index (χ2v) is 15.7. The first-order valence-corrected chi connectivity index (χ1v) is 19.9. The third-order valence-electron chi connectivity index (χ3n) is 12.2. The zero-order valence-electron chi connectivity index (χ0n) is 32.0. The van der Waals surface area contributed by atoms with Gasteiger partial charge in [-0.05, 0) is 86.8 Å². The van der Waals surface area contributed by atoms with E-state index in [1.54, 1.807) is 0 Å². The molecule has 11 rings (SSSR count). The van der Waals surface area contributed by atoms with Gasteiger partial charge >= 0.3 is 0 Å². The molecule has 0 saturated heterocycles. The van der Waals surface area contributed by atoms with Crippen LogP contribution in [0, 0.1) is 0 Å². The molecule has 270 valence electrons. The number of hydrogen-bond acceptors (Lipinski definition) is 1. The predicted molar refractivity (Wildman–Crippen MR) is 241 cm³/mol. The fraction of sp³-hybridized carbons (Fsp3) is 0.0545. The summed E-state index contributed by atoms with van der Waals surface area (Å²) in [6, 6.07) is 75.5. The van der Waals surface area contributed by atoms with E-state index in [0.29, 0.717) is 0 Å². The van der Waals surface area contributed by atoms with Crippen molar-refractivity contribution in [2.45, 2.75) is 19.3 Å². The van der Waals surface area contributed by atoms with Crippen molar-refractivity contribution in [1.82, 2.24) is 4.57 Å². The molecule has 1 aliphatic rings. The first-order chi connectivity index (χ1) is 28.1. The van der Waals surface area contributed by atoms with Gasteiger partial charge in [0.2, 0.25) is 0 Å². The van der Waals surface area contributed by atoms with Gasteiger partial charge in [-0.25, -0.2) is 0 Å². The van der Waals surface area contributed by atoms with Gasteiger partial charge < -0.3 is 9.47 Å². The van der Waals surface area contributed by atoms with Crippen LogP contribution in [0.5, 0.6) is 0 Å². The molecule has 0 amide bonds. The Morgan fingerprint density at radius 2 is 0.930 bits per heavy atom. The second-order valence-electron chi connectivity index (χ2n) is 15.7. The highest BCUT2D eigenvalue weighted by Gasteiger charge is 2.38. The summed E-state index contributed by atoms with van der Waals surface area (Å²) in [5, 5.41) is 4.99. The number of benzene rings is 9. The van der Waals surface area contributed by atoms with Crippen molar-refractivity contribution in [2.24, 2.45) is 0 Å². The van der Waals surface area contributed by atoms with E-state index in [0.717, 1.165) is 22.7 Å². The lowest BCUT2D eigenvalue weighted by Gasteiger charge is -2.28. The second kappa shape index (κ2) is 13.0. The minimum absolute atomic E-state index is 0.111. The van der Waals surface area contributed by atoms with Crippen LogP contribution in [0.15, 0.2) is 206 Å². The molecule has 0 radical (unpaired) electrons. The first-order valence-electron chi connectivity index (χ1n) is 19.9. The van der Waals surface area contributed by atoms with Gasteiger partial charge in [0.25, 0.3) is 0 Å². The van der Waals surface area contributed by atoms with Crippen LogP contribution in [0.4, 0.5) is 17.1 Å². The van der Waals surface area contributed by atoms with Gasteiger partial charge in [0.15, 0.2) is 0 Å². The Kier molecular flexibility index (Phi) is 7.55. The molecule has 10 aromatic rings.